The molecule has 3 aromatic rings. The fourth-order valence-electron chi connectivity index (χ4n) is 3.89. The van der Waals surface area contributed by atoms with Crippen molar-refractivity contribution in [1.29, 1.82) is 0 Å². The Kier molecular flexibility index (Phi) is 5.62. The molecule has 158 valence electrons. The van der Waals surface area contributed by atoms with Crippen LogP contribution >= 0.6 is 0 Å². The van der Waals surface area contributed by atoms with E-state index in [4.69, 9.17) is 14.2 Å². The molecule has 1 saturated heterocycles. The number of pyridine rings is 1. The second-order valence-electron chi connectivity index (χ2n) is 7.70. The van der Waals surface area contributed by atoms with E-state index in [1.807, 2.05) is 38.1 Å². The number of aryl methyl sites for hydroxylation is 1. The fraction of sp³-hybridized carbons (Fsp3) is 0.375. The Morgan fingerprint density at radius 1 is 1.17 bits per heavy atom. The van der Waals surface area contributed by atoms with Crippen molar-refractivity contribution in [3.8, 4) is 5.75 Å². The van der Waals surface area contributed by atoms with Crippen LogP contribution in [-0.4, -0.2) is 17.5 Å². The molecule has 2 atom stereocenters. The van der Waals surface area contributed by atoms with Gasteiger partial charge in [0.05, 0.1) is 12.1 Å². The molecule has 0 bridgehead atoms. The summed E-state index contributed by atoms with van der Waals surface area (Å²) in [5.74, 6) is 0.0781. The Balaban J connectivity index is 1.56. The fourth-order valence-corrected chi connectivity index (χ4v) is 3.89. The predicted octanol–water partition coefficient (Wildman–Crippen LogP) is 4.64. The van der Waals surface area contributed by atoms with Gasteiger partial charge in [0.2, 0.25) is 0 Å². The van der Waals surface area contributed by atoms with Crippen molar-refractivity contribution in [2.24, 2.45) is 7.05 Å². The molecule has 0 spiro atoms. The van der Waals surface area contributed by atoms with Gasteiger partial charge < -0.3 is 18.8 Å². The summed E-state index contributed by atoms with van der Waals surface area (Å²) >= 11 is 0. The average Bonchev–Trinajstić information content (AvgIpc) is 3.20. The first-order valence-electron chi connectivity index (χ1n) is 10.3. The smallest absolute Gasteiger partial charge is 0.250 e. The van der Waals surface area contributed by atoms with Gasteiger partial charge in [0.25, 0.3) is 5.56 Å². The largest absolute Gasteiger partial charge is 0.489 e. The first kappa shape index (κ1) is 20.6. The molecule has 1 fully saturated rings. The summed E-state index contributed by atoms with van der Waals surface area (Å²) in [5.41, 5.74) is 1.81. The van der Waals surface area contributed by atoms with E-state index in [1.54, 1.807) is 23.7 Å². The van der Waals surface area contributed by atoms with Crippen LogP contribution < -0.4 is 10.3 Å². The Morgan fingerprint density at radius 3 is 2.73 bits per heavy atom. The zero-order valence-electron chi connectivity index (χ0n) is 17.5. The molecule has 4 rings (SSSR count). The first-order chi connectivity index (χ1) is 14.4. The van der Waals surface area contributed by atoms with Crippen LogP contribution in [-0.2, 0) is 28.7 Å². The minimum absolute atomic E-state index is 0.0490. The SMILES string of the molecule is CCC1OCC(CC)(c2cc(F)cc(OCc3ccc4c(ccc(=O)n4C)c3)c2)O1. The minimum atomic E-state index is -0.658. The highest BCUT2D eigenvalue weighted by atomic mass is 19.1. The Labute approximate surface area is 175 Å². The molecular formula is C24H26FNO4. The van der Waals surface area contributed by atoms with Crippen LogP contribution in [0.5, 0.6) is 5.75 Å². The number of benzene rings is 2. The number of nitrogens with zero attached hydrogens (tertiary/aromatic N) is 1. The summed E-state index contributed by atoms with van der Waals surface area (Å²) in [7, 11) is 1.75. The highest BCUT2D eigenvalue weighted by molar-refractivity contribution is 5.79. The zero-order chi connectivity index (χ0) is 21.3. The highest BCUT2D eigenvalue weighted by Gasteiger charge is 2.41. The van der Waals surface area contributed by atoms with Crippen molar-refractivity contribution in [2.75, 3.05) is 6.61 Å². The van der Waals surface area contributed by atoms with Crippen LogP contribution in [0.4, 0.5) is 4.39 Å². The van der Waals surface area contributed by atoms with E-state index in [0.717, 1.165) is 28.5 Å². The lowest BCUT2D eigenvalue weighted by Gasteiger charge is -2.27. The molecule has 30 heavy (non-hydrogen) atoms. The van der Waals surface area contributed by atoms with E-state index in [9.17, 15) is 9.18 Å². The monoisotopic (exact) mass is 411 g/mol. The molecule has 1 aliphatic rings. The van der Waals surface area contributed by atoms with Crippen molar-refractivity contribution in [2.45, 2.75) is 45.2 Å². The molecule has 2 aromatic carbocycles. The lowest BCUT2D eigenvalue weighted by atomic mass is 9.91. The summed E-state index contributed by atoms with van der Waals surface area (Å²) in [6.45, 7) is 4.69. The summed E-state index contributed by atoms with van der Waals surface area (Å²) < 4.78 is 33.7. The lowest BCUT2D eigenvalue weighted by Crippen LogP contribution is -2.28. The minimum Gasteiger partial charge on any atom is -0.489 e. The molecule has 0 N–H and O–H groups in total. The van der Waals surface area contributed by atoms with Crippen LogP contribution in [0.15, 0.2) is 53.3 Å². The average molecular weight is 411 g/mol. The van der Waals surface area contributed by atoms with E-state index in [0.29, 0.717) is 18.8 Å². The number of aromatic nitrogens is 1. The maximum atomic E-state index is 14.4. The van der Waals surface area contributed by atoms with Crippen LogP contribution in [0.2, 0.25) is 0 Å². The van der Waals surface area contributed by atoms with E-state index >= 15 is 0 Å². The Hall–Kier alpha value is -2.70. The van der Waals surface area contributed by atoms with Gasteiger partial charge in [-0.2, -0.15) is 0 Å². The van der Waals surface area contributed by atoms with Gasteiger partial charge >= 0.3 is 0 Å². The summed E-state index contributed by atoms with van der Waals surface area (Å²) in [6.07, 6.45) is 1.15. The van der Waals surface area contributed by atoms with Crippen molar-refractivity contribution in [3.63, 3.8) is 0 Å². The Morgan fingerprint density at radius 2 is 2.00 bits per heavy atom. The normalized spacial score (nSPS) is 21.3. The van der Waals surface area contributed by atoms with Gasteiger partial charge in [0.15, 0.2) is 6.29 Å². The van der Waals surface area contributed by atoms with Crippen LogP contribution in [0, 0.1) is 5.82 Å². The van der Waals surface area contributed by atoms with Crippen molar-refractivity contribution < 1.29 is 18.6 Å². The maximum absolute atomic E-state index is 14.4. The third-order valence-electron chi connectivity index (χ3n) is 5.76. The second-order valence-corrected chi connectivity index (χ2v) is 7.70. The zero-order valence-corrected chi connectivity index (χ0v) is 17.5. The van der Waals surface area contributed by atoms with Crippen molar-refractivity contribution in [1.82, 2.24) is 4.57 Å². The van der Waals surface area contributed by atoms with Crippen LogP contribution in [0.25, 0.3) is 10.9 Å². The topological polar surface area (TPSA) is 49.7 Å². The van der Waals surface area contributed by atoms with E-state index < -0.39 is 5.60 Å². The molecule has 0 aliphatic carbocycles. The molecule has 1 aromatic heterocycles. The molecular weight excluding hydrogens is 385 g/mol. The van der Waals surface area contributed by atoms with Crippen molar-refractivity contribution in [3.05, 3.63) is 75.8 Å². The quantitative estimate of drug-likeness (QED) is 0.593. The van der Waals surface area contributed by atoms with E-state index in [-0.39, 0.29) is 24.3 Å². The number of hydrogen-bond donors (Lipinski definition) is 0. The third kappa shape index (κ3) is 3.85. The second kappa shape index (κ2) is 8.20. The standard InChI is InChI=1S/C24H26FNO4/c1-4-23-29-15-24(5-2,30-23)18-11-19(25)13-20(12-18)28-14-16-6-8-21-17(10-16)7-9-22(27)26(21)3/h6-13,23H,4-5,14-15H2,1-3H3. The van der Waals surface area contributed by atoms with E-state index in [2.05, 4.69) is 0 Å². The maximum Gasteiger partial charge on any atom is 0.250 e. The van der Waals surface area contributed by atoms with Gasteiger partial charge in [0.1, 0.15) is 23.8 Å². The molecule has 6 heteroatoms. The molecule has 2 heterocycles. The molecule has 0 amide bonds. The molecule has 0 saturated carbocycles. The molecule has 5 nitrogen and oxygen atoms in total. The van der Waals surface area contributed by atoms with Gasteiger partial charge in [0, 0.05) is 19.2 Å². The third-order valence-corrected chi connectivity index (χ3v) is 5.76. The highest BCUT2D eigenvalue weighted by Crippen LogP contribution is 2.39. The van der Waals surface area contributed by atoms with Crippen molar-refractivity contribution >= 4 is 10.9 Å². The molecule has 2 unspecified atom stereocenters. The number of halogens is 1. The number of rotatable bonds is 6. The molecule has 1 aliphatic heterocycles. The van der Waals surface area contributed by atoms with Gasteiger partial charge in [-0.15, -0.1) is 0 Å². The number of ether oxygens (including phenoxy) is 3. The summed E-state index contributed by atoms with van der Waals surface area (Å²) in [5, 5.41) is 0.949. The predicted molar refractivity (Wildman–Crippen MR) is 113 cm³/mol. The van der Waals surface area contributed by atoms with Gasteiger partial charge in [-0.25, -0.2) is 4.39 Å². The van der Waals surface area contributed by atoms with Crippen LogP contribution in [0.3, 0.4) is 0 Å². The Bertz CT molecular complexity index is 1130. The van der Waals surface area contributed by atoms with Gasteiger partial charge in [-0.3, -0.25) is 4.79 Å². The lowest BCUT2D eigenvalue weighted by molar-refractivity contribution is -0.0943. The van der Waals surface area contributed by atoms with E-state index in [1.165, 1.54) is 12.1 Å². The first-order valence-corrected chi connectivity index (χ1v) is 10.3. The summed E-state index contributed by atoms with van der Waals surface area (Å²) in [6, 6.07) is 13.8. The molecule has 0 radical (unpaired) electrons. The summed E-state index contributed by atoms with van der Waals surface area (Å²) in [4.78, 5) is 11.8. The number of fused-ring (bicyclic) bond motifs is 1. The number of hydrogen-bond acceptors (Lipinski definition) is 4. The van der Waals surface area contributed by atoms with Gasteiger partial charge in [-0.1, -0.05) is 19.9 Å². The van der Waals surface area contributed by atoms with Gasteiger partial charge in [-0.05, 0) is 59.7 Å². The van der Waals surface area contributed by atoms with Crippen LogP contribution in [0.1, 0.15) is 37.8 Å².